The number of hydrogen-bond acceptors (Lipinski definition) is 6. The molecule has 3 aromatic rings. The Labute approximate surface area is 185 Å². The number of fused-ring (bicyclic) bond motifs is 1. The maximum Gasteiger partial charge on any atom is 0.238 e. The molecule has 160 valence electrons. The van der Waals surface area contributed by atoms with E-state index in [1.54, 1.807) is 6.20 Å². The van der Waals surface area contributed by atoms with Crippen LogP contribution in [0.1, 0.15) is 6.42 Å². The SMILES string of the molecule is O=C(CN1CCCN(C(=O)CSc2cnc3ccccc3n2)CC1)Nc1ccccc1. The molecule has 1 fully saturated rings. The minimum Gasteiger partial charge on any atom is -0.341 e. The lowest BCUT2D eigenvalue weighted by atomic mass is 10.3. The van der Waals surface area contributed by atoms with Crippen LogP contribution in [0, 0.1) is 0 Å². The van der Waals surface area contributed by atoms with E-state index in [4.69, 9.17) is 0 Å². The molecule has 0 atom stereocenters. The van der Waals surface area contributed by atoms with Crippen molar-refractivity contribution >= 4 is 40.3 Å². The average Bonchev–Trinajstić information content (AvgIpc) is 3.03. The summed E-state index contributed by atoms with van der Waals surface area (Å²) in [4.78, 5) is 38.0. The van der Waals surface area contributed by atoms with Crippen LogP contribution >= 0.6 is 11.8 Å². The van der Waals surface area contributed by atoms with Crippen LogP contribution in [0.5, 0.6) is 0 Å². The second-order valence-corrected chi connectivity index (χ2v) is 8.41. The van der Waals surface area contributed by atoms with E-state index < -0.39 is 0 Å². The van der Waals surface area contributed by atoms with Crippen LogP contribution in [-0.2, 0) is 9.59 Å². The van der Waals surface area contributed by atoms with Crippen molar-refractivity contribution in [3.8, 4) is 0 Å². The molecule has 4 rings (SSSR count). The Morgan fingerprint density at radius 1 is 0.935 bits per heavy atom. The second kappa shape index (κ2) is 10.4. The van der Waals surface area contributed by atoms with Gasteiger partial charge >= 0.3 is 0 Å². The predicted octanol–water partition coefficient (Wildman–Crippen LogP) is 2.89. The second-order valence-electron chi connectivity index (χ2n) is 7.41. The first-order chi connectivity index (χ1) is 15.2. The number of carbonyl (C=O) groups excluding carboxylic acids is 2. The van der Waals surface area contributed by atoms with Crippen molar-refractivity contribution in [3.05, 3.63) is 60.8 Å². The molecule has 8 heteroatoms. The lowest BCUT2D eigenvalue weighted by molar-refractivity contribution is -0.128. The Morgan fingerprint density at radius 2 is 1.71 bits per heavy atom. The molecule has 2 aromatic carbocycles. The van der Waals surface area contributed by atoms with Gasteiger partial charge in [-0.3, -0.25) is 19.5 Å². The molecule has 2 heterocycles. The highest BCUT2D eigenvalue weighted by Gasteiger charge is 2.20. The van der Waals surface area contributed by atoms with Crippen molar-refractivity contribution < 1.29 is 9.59 Å². The Kier molecular flexibility index (Phi) is 7.11. The highest BCUT2D eigenvalue weighted by Crippen LogP contribution is 2.18. The van der Waals surface area contributed by atoms with Crippen molar-refractivity contribution in [3.63, 3.8) is 0 Å². The Balaban J connectivity index is 1.24. The van der Waals surface area contributed by atoms with Gasteiger partial charge in [0.2, 0.25) is 11.8 Å². The highest BCUT2D eigenvalue weighted by molar-refractivity contribution is 7.99. The molecule has 2 amide bonds. The first kappa shape index (κ1) is 21.3. The molecule has 0 radical (unpaired) electrons. The molecular formula is C23H25N5O2S. The minimum absolute atomic E-state index is 0.0311. The number of para-hydroxylation sites is 3. The zero-order valence-electron chi connectivity index (χ0n) is 17.2. The normalized spacial score (nSPS) is 14.9. The van der Waals surface area contributed by atoms with Gasteiger partial charge in [0.05, 0.1) is 29.5 Å². The molecule has 1 aliphatic rings. The van der Waals surface area contributed by atoms with Gasteiger partial charge in [-0.25, -0.2) is 4.98 Å². The minimum atomic E-state index is -0.0311. The van der Waals surface area contributed by atoms with Gasteiger partial charge in [-0.05, 0) is 30.7 Å². The summed E-state index contributed by atoms with van der Waals surface area (Å²) >= 11 is 1.41. The number of carbonyl (C=O) groups is 2. The third kappa shape index (κ3) is 6.02. The first-order valence-electron chi connectivity index (χ1n) is 10.4. The van der Waals surface area contributed by atoms with E-state index in [1.807, 2.05) is 59.5 Å². The molecule has 1 saturated heterocycles. The number of nitrogens with one attached hydrogen (secondary N) is 1. The number of anilines is 1. The molecule has 0 saturated carbocycles. The predicted molar refractivity (Wildman–Crippen MR) is 123 cm³/mol. The number of thioether (sulfide) groups is 1. The van der Waals surface area contributed by atoms with E-state index in [0.29, 0.717) is 31.9 Å². The summed E-state index contributed by atoms with van der Waals surface area (Å²) in [5.74, 6) is 0.397. The van der Waals surface area contributed by atoms with Crippen LogP contribution in [-0.4, -0.2) is 70.1 Å². The zero-order valence-corrected chi connectivity index (χ0v) is 18.1. The zero-order chi connectivity index (χ0) is 21.5. The summed E-state index contributed by atoms with van der Waals surface area (Å²) in [6, 6.07) is 17.2. The third-order valence-corrected chi connectivity index (χ3v) is 6.02. The fraction of sp³-hybridized carbons (Fsp3) is 0.304. The van der Waals surface area contributed by atoms with Crippen molar-refractivity contribution in [2.24, 2.45) is 0 Å². The van der Waals surface area contributed by atoms with Crippen LogP contribution in [0.4, 0.5) is 5.69 Å². The lowest BCUT2D eigenvalue weighted by Crippen LogP contribution is -2.38. The van der Waals surface area contributed by atoms with Gasteiger partial charge in [-0.15, -0.1) is 0 Å². The van der Waals surface area contributed by atoms with Gasteiger partial charge in [0.1, 0.15) is 5.03 Å². The van der Waals surface area contributed by atoms with Gasteiger partial charge in [-0.2, -0.15) is 0 Å². The molecule has 31 heavy (non-hydrogen) atoms. The number of benzene rings is 2. The molecule has 0 bridgehead atoms. The standard InChI is InChI=1S/C23H25N5O2S/c29-21(25-18-7-2-1-3-8-18)16-27-11-6-12-28(14-13-27)23(30)17-31-22-15-24-19-9-4-5-10-20(19)26-22/h1-5,7-10,15H,6,11-14,16-17H2,(H,25,29). The van der Waals surface area contributed by atoms with Crippen molar-refractivity contribution in [2.45, 2.75) is 11.4 Å². The third-order valence-electron chi connectivity index (χ3n) is 5.14. The average molecular weight is 436 g/mol. The molecule has 7 nitrogen and oxygen atoms in total. The molecule has 0 spiro atoms. The Bertz CT molecular complexity index is 1050. The van der Waals surface area contributed by atoms with Crippen molar-refractivity contribution in [2.75, 3.05) is 43.8 Å². The number of rotatable bonds is 6. The summed E-state index contributed by atoms with van der Waals surface area (Å²) in [6.07, 6.45) is 2.57. The monoisotopic (exact) mass is 435 g/mol. The fourth-order valence-electron chi connectivity index (χ4n) is 3.54. The maximum absolute atomic E-state index is 12.7. The highest BCUT2D eigenvalue weighted by atomic mass is 32.2. The summed E-state index contributed by atoms with van der Waals surface area (Å²) in [5, 5.41) is 3.67. The van der Waals surface area contributed by atoms with Gasteiger partial charge in [0, 0.05) is 31.9 Å². The number of amides is 2. The fourth-order valence-corrected chi connectivity index (χ4v) is 4.28. The molecule has 0 unspecified atom stereocenters. The molecular weight excluding hydrogens is 410 g/mol. The van der Waals surface area contributed by atoms with Gasteiger partial charge in [0.15, 0.2) is 0 Å². The topological polar surface area (TPSA) is 78.4 Å². The van der Waals surface area contributed by atoms with E-state index in [0.717, 1.165) is 34.7 Å². The van der Waals surface area contributed by atoms with Crippen LogP contribution in [0.15, 0.2) is 65.8 Å². The molecule has 1 N–H and O–H groups in total. The van der Waals surface area contributed by atoms with E-state index >= 15 is 0 Å². The van der Waals surface area contributed by atoms with Crippen LogP contribution in [0.2, 0.25) is 0 Å². The summed E-state index contributed by atoms with van der Waals surface area (Å²) in [6.45, 7) is 3.16. The summed E-state index contributed by atoms with van der Waals surface area (Å²) in [7, 11) is 0. The first-order valence-corrected chi connectivity index (χ1v) is 11.4. The quantitative estimate of drug-likeness (QED) is 0.600. The number of nitrogens with zero attached hydrogens (tertiary/aromatic N) is 4. The maximum atomic E-state index is 12.7. The largest absolute Gasteiger partial charge is 0.341 e. The Morgan fingerprint density at radius 3 is 2.55 bits per heavy atom. The summed E-state index contributed by atoms with van der Waals surface area (Å²) in [5.41, 5.74) is 2.48. The van der Waals surface area contributed by atoms with Crippen LogP contribution < -0.4 is 5.32 Å². The molecule has 1 aromatic heterocycles. The Hall–Kier alpha value is -2.97. The lowest BCUT2D eigenvalue weighted by Gasteiger charge is -2.21. The summed E-state index contributed by atoms with van der Waals surface area (Å²) < 4.78 is 0. The smallest absolute Gasteiger partial charge is 0.238 e. The van der Waals surface area contributed by atoms with E-state index in [2.05, 4.69) is 20.2 Å². The van der Waals surface area contributed by atoms with Crippen LogP contribution in [0.3, 0.4) is 0 Å². The van der Waals surface area contributed by atoms with Gasteiger partial charge in [-0.1, -0.05) is 42.1 Å². The van der Waals surface area contributed by atoms with E-state index in [-0.39, 0.29) is 11.8 Å². The molecule has 0 aliphatic carbocycles. The van der Waals surface area contributed by atoms with E-state index in [1.165, 1.54) is 11.8 Å². The van der Waals surface area contributed by atoms with Gasteiger partial charge in [0.25, 0.3) is 0 Å². The van der Waals surface area contributed by atoms with E-state index in [9.17, 15) is 9.59 Å². The molecule has 1 aliphatic heterocycles. The van der Waals surface area contributed by atoms with Crippen molar-refractivity contribution in [1.82, 2.24) is 19.8 Å². The van der Waals surface area contributed by atoms with Crippen LogP contribution in [0.25, 0.3) is 11.0 Å². The van der Waals surface area contributed by atoms with Gasteiger partial charge < -0.3 is 10.2 Å². The number of aromatic nitrogens is 2. The van der Waals surface area contributed by atoms with Crippen molar-refractivity contribution in [1.29, 1.82) is 0 Å². The number of hydrogen-bond donors (Lipinski definition) is 1.